The van der Waals surface area contributed by atoms with Crippen LogP contribution in [0.25, 0.3) is 0 Å². The van der Waals surface area contributed by atoms with Crippen molar-refractivity contribution in [2.45, 2.75) is 39.7 Å². The summed E-state index contributed by atoms with van der Waals surface area (Å²) >= 11 is 0. The van der Waals surface area contributed by atoms with Crippen molar-refractivity contribution in [1.82, 2.24) is 5.32 Å². The Kier molecular flexibility index (Phi) is 6.14. The molecule has 1 atom stereocenters. The van der Waals surface area contributed by atoms with Gasteiger partial charge in [-0.15, -0.1) is 0 Å². The maximum Gasteiger partial charge on any atom is 0.255 e. The number of fused-ring (bicyclic) bond motifs is 1. The topological polar surface area (TPSA) is 76.4 Å². The molecule has 2 aromatic carbocycles. The molecule has 0 aromatic heterocycles. The van der Waals surface area contributed by atoms with Crippen LogP contribution in [0.15, 0.2) is 30.3 Å². The first kappa shape index (κ1) is 19.4. The van der Waals surface area contributed by atoms with Crippen molar-refractivity contribution in [2.24, 2.45) is 5.73 Å². The summed E-state index contributed by atoms with van der Waals surface area (Å²) in [5.74, 6) is 1.20. The molecule has 1 heterocycles. The van der Waals surface area contributed by atoms with Crippen molar-refractivity contribution in [2.75, 3.05) is 25.0 Å². The molecule has 4 N–H and O–H groups in total. The summed E-state index contributed by atoms with van der Waals surface area (Å²) in [4.78, 5) is 12.8. The quantitative estimate of drug-likeness (QED) is 0.730. The predicted molar refractivity (Wildman–Crippen MR) is 110 cm³/mol. The van der Waals surface area contributed by atoms with Crippen molar-refractivity contribution in [3.63, 3.8) is 0 Å². The molecule has 0 spiro atoms. The van der Waals surface area contributed by atoms with Gasteiger partial charge in [-0.3, -0.25) is 4.79 Å². The molecule has 5 nitrogen and oxygen atoms in total. The van der Waals surface area contributed by atoms with E-state index >= 15 is 0 Å². The second-order valence-electron chi connectivity index (χ2n) is 7.18. The van der Waals surface area contributed by atoms with Gasteiger partial charge in [0.25, 0.3) is 5.91 Å². The number of nitrogens with one attached hydrogen (secondary N) is 2. The molecule has 5 heteroatoms. The highest BCUT2D eigenvalue weighted by atomic mass is 16.5. The Labute approximate surface area is 161 Å². The summed E-state index contributed by atoms with van der Waals surface area (Å²) in [5, 5.41) is 6.50. The Bertz CT molecular complexity index is 809. The van der Waals surface area contributed by atoms with Gasteiger partial charge in [-0.25, -0.2) is 0 Å². The lowest BCUT2D eigenvalue weighted by atomic mass is 9.88. The molecule has 1 aliphatic heterocycles. The Morgan fingerprint density at radius 2 is 2.00 bits per heavy atom. The monoisotopic (exact) mass is 367 g/mol. The third-order valence-corrected chi connectivity index (χ3v) is 5.13. The summed E-state index contributed by atoms with van der Waals surface area (Å²) in [6.07, 6.45) is 1.08. The van der Waals surface area contributed by atoms with Crippen LogP contribution in [0, 0.1) is 13.8 Å². The van der Waals surface area contributed by atoms with Crippen molar-refractivity contribution in [1.29, 1.82) is 0 Å². The molecule has 1 unspecified atom stereocenters. The Balaban J connectivity index is 1.80. The van der Waals surface area contributed by atoms with Crippen LogP contribution in [0.4, 0.5) is 5.69 Å². The first-order valence-corrected chi connectivity index (χ1v) is 9.62. The van der Waals surface area contributed by atoms with Crippen molar-refractivity contribution < 1.29 is 9.53 Å². The molecule has 3 rings (SSSR count). The van der Waals surface area contributed by atoms with Gasteiger partial charge < -0.3 is 21.1 Å². The fraction of sp³-hybridized carbons (Fsp3) is 0.409. The highest BCUT2D eigenvalue weighted by Crippen LogP contribution is 2.30. The van der Waals surface area contributed by atoms with E-state index in [4.69, 9.17) is 10.5 Å². The van der Waals surface area contributed by atoms with Crippen LogP contribution >= 0.6 is 0 Å². The van der Waals surface area contributed by atoms with E-state index in [2.05, 4.69) is 29.7 Å². The summed E-state index contributed by atoms with van der Waals surface area (Å²) < 4.78 is 5.69. The fourth-order valence-corrected chi connectivity index (χ4v) is 3.74. The van der Waals surface area contributed by atoms with Gasteiger partial charge in [0.1, 0.15) is 12.4 Å². The SMILES string of the molecule is CCC1CNCc2ccc(NC(=O)c3cc(C)c(OCCN)c(C)c3)cc21. The number of benzene rings is 2. The number of hydrogen-bond acceptors (Lipinski definition) is 4. The van der Waals surface area contributed by atoms with Crippen molar-refractivity contribution in [3.8, 4) is 5.75 Å². The van der Waals surface area contributed by atoms with E-state index in [0.29, 0.717) is 24.6 Å². The third-order valence-electron chi connectivity index (χ3n) is 5.13. The lowest BCUT2D eigenvalue weighted by molar-refractivity contribution is 0.102. The van der Waals surface area contributed by atoms with E-state index in [-0.39, 0.29) is 5.91 Å². The fourth-order valence-electron chi connectivity index (χ4n) is 3.74. The molecule has 144 valence electrons. The lowest BCUT2D eigenvalue weighted by Gasteiger charge is -2.26. The standard InChI is InChI=1S/C22H29N3O2/c1-4-16-12-24-13-17-5-6-19(11-20(16)17)25-22(26)18-9-14(2)21(15(3)10-18)27-8-7-23/h5-6,9-11,16,24H,4,7-8,12-13,23H2,1-3H3,(H,25,26). The summed E-state index contributed by atoms with van der Waals surface area (Å²) in [7, 11) is 0. The van der Waals surface area contributed by atoms with E-state index in [1.54, 1.807) is 0 Å². The maximum atomic E-state index is 12.8. The van der Waals surface area contributed by atoms with Crippen LogP contribution in [0.3, 0.4) is 0 Å². The number of anilines is 1. The second-order valence-corrected chi connectivity index (χ2v) is 7.18. The highest BCUT2D eigenvalue weighted by molar-refractivity contribution is 6.04. The lowest BCUT2D eigenvalue weighted by Crippen LogP contribution is -2.28. The molecule has 0 saturated heterocycles. The number of aryl methyl sites for hydroxylation is 2. The normalized spacial score (nSPS) is 15.9. The zero-order valence-corrected chi connectivity index (χ0v) is 16.4. The molecular formula is C22H29N3O2. The van der Waals surface area contributed by atoms with Crippen LogP contribution in [-0.4, -0.2) is 25.6 Å². The van der Waals surface area contributed by atoms with Crippen LogP contribution < -0.4 is 21.1 Å². The van der Waals surface area contributed by atoms with Crippen molar-refractivity contribution in [3.05, 3.63) is 58.1 Å². The smallest absolute Gasteiger partial charge is 0.255 e. The highest BCUT2D eigenvalue weighted by Gasteiger charge is 2.19. The molecule has 1 aliphatic rings. The molecule has 0 bridgehead atoms. The molecule has 2 aromatic rings. The minimum atomic E-state index is -0.103. The molecule has 0 aliphatic carbocycles. The van der Waals surface area contributed by atoms with Crippen LogP contribution in [0.1, 0.15) is 51.9 Å². The van der Waals surface area contributed by atoms with Gasteiger partial charge in [-0.2, -0.15) is 0 Å². The van der Waals surface area contributed by atoms with Gasteiger partial charge in [0.15, 0.2) is 0 Å². The average molecular weight is 367 g/mol. The van der Waals surface area contributed by atoms with E-state index in [9.17, 15) is 4.79 Å². The number of amides is 1. The summed E-state index contributed by atoms with van der Waals surface area (Å²) in [6.45, 7) is 8.92. The molecule has 0 saturated carbocycles. The molecular weight excluding hydrogens is 338 g/mol. The number of nitrogens with two attached hydrogens (primary N) is 1. The van der Waals surface area contributed by atoms with E-state index in [0.717, 1.165) is 42.1 Å². The van der Waals surface area contributed by atoms with Crippen LogP contribution in [-0.2, 0) is 6.54 Å². The largest absolute Gasteiger partial charge is 0.492 e. The number of rotatable bonds is 6. The van der Waals surface area contributed by atoms with Gasteiger partial charge >= 0.3 is 0 Å². The Morgan fingerprint density at radius 3 is 2.67 bits per heavy atom. The van der Waals surface area contributed by atoms with Crippen molar-refractivity contribution >= 4 is 11.6 Å². The van der Waals surface area contributed by atoms with Gasteiger partial charge in [0.2, 0.25) is 0 Å². The number of hydrogen-bond donors (Lipinski definition) is 3. The van der Waals surface area contributed by atoms with Gasteiger partial charge in [-0.05, 0) is 72.7 Å². The van der Waals surface area contributed by atoms with Gasteiger partial charge in [0.05, 0.1) is 0 Å². The molecule has 0 fully saturated rings. The molecule has 0 radical (unpaired) electrons. The van der Waals surface area contributed by atoms with E-state index in [1.807, 2.05) is 32.0 Å². The van der Waals surface area contributed by atoms with Gasteiger partial charge in [0, 0.05) is 30.9 Å². The van der Waals surface area contributed by atoms with Crippen LogP contribution in [0.2, 0.25) is 0 Å². The van der Waals surface area contributed by atoms with E-state index in [1.165, 1.54) is 11.1 Å². The average Bonchev–Trinajstić information content (AvgIpc) is 2.66. The first-order valence-electron chi connectivity index (χ1n) is 9.62. The molecule has 27 heavy (non-hydrogen) atoms. The van der Waals surface area contributed by atoms with Gasteiger partial charge in [-0.1, -0.05) is 13.0 Å². The third kappa shape index (κ3) is 4.31. The minimum absolute atomic E-state index is 0.103. The zero-order chi connectivity index (χ0) is 19.4. The minimum Gasteiger partial charge on any atom is -0.492 e. The first-order chi connectivity index (χ1) is 13.0. The second kappa shape index (κ2) is 8.55. The number of carbonyl (C=O) groups excluding carboxylic acids is 1. The summed E-state index contributed by atoms with van der Waals surface area (Å²) in [5.41, 5.74) is 11.5. The van der Waals surface area contributed by atoms with E-state index < -0.39 is 0 Å². The number of carbonyl (C=O) groups is 1. The predicted octanol–water partition coefficient (Wildman–Crippen LogP) is 3.49. The number of ether oxygens (including phenoxy) is 1. The zero-order valence-electron chi connectivity index (χ0n) is 16.4. The Morgan fingerprint density at radius 1 is 1.26 bits per heavy atom. The van der Waals surface area contributed by atoms with Crippen LogP contribution in [0.5, 0.6) is 5.75 Å². The molecule has 1 amide bonds. The Hall–Kier alpha value is -2.37. The summed E-state index contributed by atoms with van der Waals surface area (Å²) in [6, 6.07) is 9.95. The maximum absolute atomic E-state index is 12.8.